The Hall–Kier alpha value is -1.57. The summed E-state index contributed by atoms with van der Waals surface area (Å²) < 4.78 is 0. The lowest BCUT2D eigenvalue weighted by Gasteiger charge is -1.99. The first-order chi connectivity index (χ1) is 6.24. The zero-order valence-electron chi connectivity index (χ0n) is 7.99. The van der Waals surface area contributed by atoms with E-state index < -0.39 is 0 Å². The molecule has 0 saturated heterocycles. The van der Waals surface area contributed by atoms with Crippen molar-refractivity contribution in [3.63, 3.8) is 0 Å². The van der Waals surface area contributed by atoms with Crippen LogP contribution >= 0.6 is 0 Å². The van der Waals surface area contributed by atoms with Crippen molar-refractivity contribution in [3.05, 3.63) is 41.6 Å². The highest BCUT2D eigenvalue weighted by Crippen LogP contribution is 2.18. The van der Waals surface area contributed by atoms with E-state index in [0.29, 0.717) is 0 Å². The molecule has 2 N–H and O–H groups in total. The number of benzene rings is 1. The predicted molar refractivity (Wildman–Crippen MR) is 57.4 cm³/mol. The molecule has 0 aliphatic carbocycles. The molecule has 2 nitrogen and oxygen atoms in total. The topological polar surface area (TPSA) is 38.4 Å². The van der Waals surface area contributed by atoms with Gasteiger partial charge in [-0.05, 0) is 37.8 Å². The Morgan fingerprint density at radius 2 is 2.08 bits per heavy atom. The second-order valence-corrected chi connectivity index (χ2v) is 2.95. The molecule has 0 atom stereocenters. The molecule has 1 aromatic rings. The Balaban J connectivity index is 2.89. The molecular formula is C11H14N2. The fourth-order valence-electron chi connectivity index (χ4n) is 1.12. The molecule has 0 aromatic heterocycles. The number of rotatable bonds is 2. The third-order valence-electron chi connectivity index (χ3n) is 1.76. The molecule has 0 aliphatic rings. The van der Waals surface area contributed by atoms with E-state index in [1.54, 1.807) is 12.3 Å². The average molecular weight is 174 g/mol. The second kappa shape index (κ2) is 4.45. The third-order valence-corrected chi connectivity index (χ3v) is 1.76. The number of aliphatic imine (C=N–C) groups is 1. The molecule has 0 amide bonds. The lowest BCUT2D eigenvalue weighted by atomic mass is 10.1. The molecule has 0 spiro atoms. The van der Waals surface area contributed by atoms with Crippen LogP contribution in [0.1, 0.15) is 11.1 Å². The van der Waals surface area contributed by atoms with Gasteiger partial charge in [0.2, 0.25) is 0 Å². The molecular weight excluding hydrogens is 160 g/mol. The Kier molecular flexibility index (Phi) is 3.26. The normalized spacial score (nSPS) is 11.5. The van der Waals surface area contributed by atoms with Crippen molar-refractivity contribution in [3.8, 4) is 0 Å². The van der Waals surface area contributed by atoms with Crippen LogP contribution in [0.25, 0.3) is 0 Å². The van der Waals surface area contributed by atoms with Gasteiger partial charge in [-0.25, -0.2) is 0 Å². The first kappa shape index (κ1) is 9.52. The van der Waals surface area contributed by atoms with E-state index in [1.165, 1.54) is 17.3 Å². The van der Waals surface area contributed by atoms with Crippen molar-refractivity contribution in [2.75, 3.05) is 0 Å². The van der Waals surface area contributed by atoms with Crippen LogP contribution in [0.5, 0.6) is 0 Å². The van der Waals surface area contributed by atoms with E-state index in [-0.39, 0.29) is 0 Å². The van der Waals surface area contributed by atoms with Gasteiger partial charge in [-0.2, -0.15) is 0 Å². The van der Waals surface area contributed by atoms with Gasteiger partial charge in [-0.15, -0.1) is 0 Å². The highest BCUT2D eigenvalue weighted by Gasteiger charge is 1.93. The Morgan fingerprint density at radius 3 is 2.69 bits per heavy atom. The van der Waals surface area contributed by atoms with Crippen molar-refractivity contribution in [2.24, 2.45) is 10.7 Å². The van der Waals surface area contributed by atoms with Crippen LogP contribution in [-0.4, -0.2) is 6.21 Å². The maximum atomic E-state index is 5.18. The number of nitrogens with zero attached hydrogens (tertiary/aromatic N) is 1. The van der Waals surface area contributed by atoms with Gasteiger partial charge in [0, 0.05) is 6.21 Å². The molecule has 2 heteroatoms. The summed E-state index contributed by atoms with van der Waals surface area (Å²) in [6.45, 7) is 4.12. The molecule has 0 saturated carbocycles. The fourth-order valence-corrected chi connectivity index (χ4v) is 1.12. The van der Waals surface area contributed by atoms with Gasteiger partial charge in [-0.3, -0.25) is 4.99 Å². The summed E-state index contributed by atoms with van der Waals surface area (Å²) >= 11 is 0. The molecule has 1 rings (SSSR count). The van der Waals surface area contributed by atoms with Crippen LogP contribution in [0.4, 0.5) is 5.69 Å². The molecule has 13 heavy (non-hydrogen) atoms. The molecule has 0 heterocycles. The molecule has 0 unspecified atom stereocenters. The van der Waals surface area contributed by atoms with Crippen molar-refractivity contribution in [1.29, 1.82) is 0 Å². The van der Waals surface area contributed by atoms with E-state index in [0.717, 1.165) is 5.69 Å². The number of allylic oxidation sites excluding steroid dienone is 1. The Bertz CT molecular complexity index is 338. The van der Waals surface area contributed by atoms with Crippen LogP contribution in [0, 0.1) is 13.8 Å². The minimum Gasteiger partial charge on any atom is -0.405 e. The SMILES string of the molecule is Cc1ccc(N=CC=CN)c(C)c1. The Labute approximate surface area is 78.8 Å². The monoisotopic (exact) mass is 174 g/mol. The summed E-state index contributed by atoms with van der Waals surface area (Å²) in [6.07, 6.45) is 4.87. The molecule has 0 bridgehead atoms. The van der Waals surface area contributed by atoms with Crippen LogP contribution in [-0.2, 0) is 0 Å². The molecule has 0 radical (unpaired) electrons. The minimum absolute atomic E-state index is 0.990. The standard InChI is InChI=1S/C11H14N2/c1-9-4-5-11(10(2)8-9)13-7-3-6-12/h3-8H,12H2,1-2H3. The first-order valence-electron chi connectivity index (χ1n) is 4.22. The summed E-state index contributed by atoms with van der Waals surface area (Å²) in [5.74, 6) is 0. The minimum atomic E-state index is 0.990. The first-order valence-corrected chi connectivity index (χ1v) is 4.22. The van der Waals surface area contributed by atoms with Gasteiger partial charge in [0.05, 0.1) is 5.69 Å². The highest BCUT2D eigenvalue weighted by atomic mass is 14.7. The van der Waals surface area contributed by atoms with Crippen molar-refractivity contribution >= 4 is 11.9 Å². The van der Waals surface area contributed by atoms with E-state index in [9.17, 15) is 0 Å². The Morgan fingerprint density at radius 1 is 1.31 bits per heavy atom. The van der Waals surface area contributed by atoms with Crippen LogP contribution < -0.4 is 5.73 Å². The van der Waals surface area contributed by atoms with Crippen molar-refractivity contribution in [1.82, 2.24) is 0 Å². The quantitative estimate of drug-likeness (QED) is 0.687. The second-order valence-electron chi connectivity index (χ2n) is 2.95. The smallest absolute Gasteiger partial charge is 0.0658 e. The summed E-state index contributed by atoms with van der Waals surface area (Å²) in [5, 5.41) is 0. The largest absolute Gasteiger partial charge is 0.405 e. The zero-order valence-corrected chi connectivity index (χ0v) is 7.99. The molecule has 1 aromatic carbocycles. The van der Waals surface area contributed by atoms with Gasteiger partial charge in [0.1, 0.15) is 0 Å². The molecule has 0 fully saturated rings. The fraction of sp³-hybridized carbons (Fsp3) is 0.182. The van der Waals surface area contributed by atoms with Gasteiger partial charge in [0.15, 0.2) is 0 Å². The number of hydrogen-bond donors (Lipinski definition) is 1. The van der Waals surface area contributed by atoms with Gasteiger partial charge >= 0.3 is 0 Å². The van der Waals surface area contributed by atoms with Crippen molar-refractivity contribution in [2.45, 2.75) is 13.8 Å². The summed E-state index contributed by atoms with van der Waals surface area (Å²) in [6, 6.07) is 6.16. The summed E-state index contributed by atoms with van der Waals surface area (Å²) in [4.78, 5) is 4.24. The summed E-state index contributed by atoms with van der Waals surface area (Å²) in [5.41, 5.74) is 8.61. The van der Waals surface area contributed by atoms with E-state index in [2.05, 4.69) is 18.0 Å². The van der Waals surface area contributed by atoms with E-state index in [1.807, 2.05) is 19.1 Å². The summed E-state index contributed by atoms with van der Waals surface area (Å²) in [7, 11) is 0. The lowest BCUT2D eigenvalue weighted by Crippen LogP contribution is -1.79. The van der Waals surface area contributed by atoms with Gasteiger partial charge < -0.3 is 5.73 Å². The zero-order chi connectivity index (χ0) is 9.68. The molecule has 0 aliphatic heterocycles. The van der Waals surface area contributed by atoms with Crippen LogP contribution in [0.3, 0.4) is 0 Å². The van der Waals surface area contributed by atoms with E-state index in [4.69, 9.17) is 5.73 Å². The average Bonchev–Trinajstić information content (AvgIpc) is 2.09. The number of hydrogen-bond acceptors (Lipinski definition) is 2. The van der Waals surface area contributed by atoms with Crippen LogP contribution in [0.2, 0.25) is 0 Å². The number of aryl methyl sites for hydroxylation is 2. The lowest BCUT2D eigenvalue weighted by molar-refractivity contribution is 1.35. The maximum Gasteiger partial charge on any atom is 0.0658 e. The number of nitrogens with two attached hydrogens (primary N) is 1. The van der Waals surface area contributed by atoms with Gasteiger partial charge in [-0.1, -0.05) is 17.7 Å². The van der Waals surface area contributed by atoms with E-state index >= 15 is 0 Å². The molecule has 68 valence electrons. The third kappa shape index (κ3) is 2.75. The predicted octanol–water partition coefficient (Wildman–Crippen LogP) is 2.48. The van der Waals surface area contributed by atoms with Crippen molar-refractivity contribution < 1.29 is 0 Å². The van der Waals surface area contributed by atoms with Crippen LogP contribution in [0.15, 0.2) is 35.5 Å². The highest BCUT2D eigenvalue weighted by molar-refractivity contribution is 5.74. The maximum absolute atomic E-state index is 5.18. The van der Waals surface area contributed by atoms with Gasteiger partial charge in [0.25, 0.3) is 0 Å².